The fourth-order valence-electron chi connectivity index (χ4n) is 2.70. The minimum absolute atomic E-state index is 0.263. The zero-order valence-electron chi connectivity index (χ0n) is 10.4. The third-order valence-electron chi connectivity index (χ3n) is 3.70. The molecule has 1 saturated heterocycles. The minimum Gasteiger partial charge on any atom is -0.377 e. The molecule has 5 nitrogen and oxygen atoms in total. The van der Waals surface area contributed by atoms with Crippen molar-refractivity contribution in [2.24, 2.45) is 0 Å². The maximum Gasteiger partial charge on any atom is 0.149 e. The quantitative estimate of drug-likeness (QED) is 0.849. The first-order valence-electron chi connectivity index (χ1n) is 6.61. The highest BCUT2D eigenvalue weighted by Gasteiger charge is 2.22. The Morgan fingerprint density at radius 2 is 2.41 bits per heavy atom. The molecule has 2 aliphatic rings. The van der Waals surface area contributed by atoms with E-state index in [1.807, 2.05) is 0 Å². The molecule has 1 fully saturated rings. The second-order valence-corrected chi connectivity index (χ2v) is 4.99. The van der Waals surface area contributed by atoms with Crippen LogP contribution in [-0.4, -0.2) is 34.0 Å². The van der Waals surface area contributed by atoms with Crippen molar-refractivity contribution in [3.63, 3.8) is 0 Å². The van der Waals surface area contributed by atoms with Crippen LogP contribution in [-0.2, 0) is 17.7 Å². The number of aryl methyl sites for hydroxylation is 1. The molecular formula is C12H20N4O. The van der Waals surface area contributed by atoms with Gasteiger partial charge < -0.3 is 14.6 Å². The van der Waals surface area contributed by atoms with Crippen LogP contribution < -0.4 is 5.32 Å². The van der Waals surface area contributed by atoms with E-state index in [1.54, 1.807) is 0 Å². The van der Waals surface area contributed by atoms with Crippen LogP contribution in [0.4, 0.5) is 0 Å². The van der Waals surface area contributed by atoms with E-state index < -0.39 is 0 Å². The Labute approximate surface area is 102 Å². The topological polar surface area (TPSA) is 52.0 Å². The van der Waals surface area contributed by atoms with Gasteiger partial charge in [-0.1, -0.05) is 0 Å². The second-order valence-electron chi connectivity index (χ2n) is 4.99. The smallest absolute Gasteiger partial charge is 0.149 e. The number of fused-ring (bicyclic) bond motifs is 1. The van der Waals surface area contributed by atoms with E-state index in [0.29, 0.717) is 6.10 Å². The second kappa shape index (κ2) is 4.74. The van der Waals surface area contributed by atoms with Gasteiger partial charge in [-0.05, 0) is 26.2 Å². The van der Waals surface area contributed by atoms with Gasteiger partial charge in [-0.3, -0.25) is 0 Å². The summed E-state index contributed by atoms with van der Waals surface area (Å²) >= 11 is 0. The van der Waals surface area contributed by atoms with Gasteiger partial charge in [-0.25, -0.2) is 0 Å². The first-order chi connectivity index (χ1) is 8.34. The highest BCUT2D eigenvalue weighted by atomic mass is 16.5. The van der Waals surface area contributed by atoms with Gasteiger partial charge in [0.1, 0.15) is 11.6 Å². The number of nitrogens with one attached hydrogen (secondary N) is 1. The average Bonchev–Trinajstić information content (AvgIpc) is 3.02. The fraction of sp³-hybridized carbons (Fsp3) is 0.833. The lowest BCUT2D eigenvalue weighted by molar-refractivity contribution is 0.107. The van der Waals surface area contributed by atoms with Gasteiger partial charge in [0, 0.05) is 26.1 Å². The maximum absolute atomic E-state index is 5.61. The molecule has 0 bridgehead atoms. The largest absolute Gasteiger partial charge is 0.377 e. The van der Waals surface area contributed by atoms with E-state index in [4.69, 9.17) is 4.74 Å². The SMILES string of the molecule is CC(NCC1CCCO1)c1nnc2n1CCC2. The van der Waals surface area contributed by atoms with Crippen molar-refractivity contribution >= 4 is 0 Å². The molecule has 2 unspecified atom stereocenters. The summed E-state index contributed by atoms with van der Waals surface area (Å²) in [5.74, 6) is 2.22. The summed E-state index contributed by atoms with van der Waals surface area (Å²) in [6.45, 7) is 5.07. The van der Waals surface area contributed by atoms with Crippen LogP contribution >= 0.6 is 0 Å². The van der Waals surface area contributed by atoms with Crippen molar-refractivity contribution in [1.29, 1.82) is 0 Å². The van der Waals surface area contributed by atoms with E-state index in [1.165, 1.54) is 19.3 Å². The Hall–Kier alpha value is -0.940. The highest BCUT2D eigenvalue weighted by molar-refractivity contribution is 5.04. The number of rotatable bonds is 4. The molecule has 3 rings (SSSR count). The van der Waals surface area contributed by atoms with Crippen molar-refractivity contribution < 1.29 is 4.74 Å². The molecule has 0 spiro atoms. The first kappa shape index (κ1) is 11.2. The Kier molecular flexibility index (Phi) is 3.11. The number of hydrogen-bond donors (Lipinski definition) is 1. The maximum atomic E-state index is 5.61. The van der Waals surface area contributed by atoms with Crippen molar-refractivity contribution in [3.05, 3.63) is 11.6 Å². The van der Waals surface area contributed by atoms with E-state index in [9.17, 15) is 0 Å². The van der Waals surface area contributed by atoms with Gasteiger partial charge in [-0.2, -0.15) is 0 Å². The molecule has 1 aromatic rings. The lowest BCUT2D eigenvalue weighted by Gasteiger charge is -2.16. The number of ether oxygens (including phenoxy) is 1. The predicted octanol–water partition coefficient (Wildman–Crippen LogP) is 1.05. The van der Waals surface area contributed by atoms with Gasteiger partial charge in [0.2, 0.25) is 0 Å². The molecule has 94 valence electrons. The highest BCUT2D eigenvalue weighted by Crippen LogP contribution is 2.19. The van der Waals surface area contributed by atoms with Crippen molar-refractivity contribution in [3.8, 4) is 0 Å². The Morgan fingerprint density at radius 1 is 1.47 bits per heavy atom. The van der Waals surface area contributed by atoms with Gasteiger partial charge >= 0.3 is 0 Å². The number of aromatic nitrogens is 3. The summed E-state index contributed by atoms with van der Waals surface area (Å²) in [5.41, 5.74) is 0. The lowest BCUT2D eigenvalue weighted by atomic mass is 10.2. The Morgan fingerprint density at radius 3 is 3.24 bits per heavy atom. The summed E-state index contributed by atoms with van der Waals surface area (Å²) in [6.07, 6.45) is 5.04. The molecule has 0 saturated carbocycles. The Balaban J connectivity index is 1.59. The first-order valence-corrected chi connectivity index (χ1v) is 6.61. The van der Waals surface area contributed by atoms with Crippen LogP contribution in [0.15, 0.2) is 0 Å². The zero-order chi connectivity index (χ0) is 11.7. The van der Waals surface area contributed by atoms with Crippen molar-refractivity contribution in [1.82, 2.24) is 20.1 Å². The van der Waals surface area contributed by atoms with E-state index >= 15 is 0 Å². The van der Waals surface area contributed by atoms with E-state index in [2.05, 4.69) is 27.0 Å². The molecule has 1 N–H and O–H groups in total. The van der Waals surface area contributed by atoms with Crippen LogP contribution in [0.3, 0.4) is 0 Å². The average molecular weight is 236 g/mol. The molecule has 3 heterocycles. The molecule has 2 atom stereocenters. The molecule has 5 heteroatoms. The minimum atomic E-state index is 0.263. The summed E-state index contributed by atoms with van der Waals surface area (Å²) in [4.78, 5) is 0. The van der Waals surface area contributed by atoms with E-state index in [-0.39, 0.29) is 6.04 Å². The van der Waals surface area contributed by atoms with Crippen molar-refractivity contribution in [2.45, 2.75) is 51.3 Å². The summed E-state index contributed by atoms with van der Waals surface area (Å²) < 4.78 is 7.87. The van der Waals surface area contributed by atoms with E-state index in [0.717, 1.165) is 37.8 Å². The summed E-state index contributed by atoms with van der Waals surface area (Å²) in [6, 6.07) is 0.263. The molecule has 0 radical (unpaired) electrons. The fourth-order valence-corrected chi connectivity index (χ4v) is 2.70. The molecule has 0 aliphatic carbocycles. The summed E-state index contributed by atoms with van der Waals surface area (Å²) in [5, 5.41) is 12.0. The monoisotopic (exact) mass is 236 g/mol. The Bertz CT molecular complexity index is 384. The number of nitrogens with zero attached hydrogens (tertiary/aromatic N) is 3. The van der Waals surface area contributed by atoms with Gasteiger partial charge in [-0.15, -0.1) is 10.2 Å². The third kappa shape index (κ3) is 2.21. The zero-order valence-corrected chi connectivity index (χ0v) is 10.4. The van der Waals surface area contributed by atoms with Gasteiger partial charge in [0.05, 0.1) is 12.1 Å². The summed E-state index contributed by atoms with van der Waals surface area (Å²) in [7, 11) is 0. The standard InChI is InChI=1S/C12H20N4O/c1-9(13-8-10-4-3-7-17-10)12-15-14-11-5-2-6-16(11)12/h9-10,13H,2-8H2,1H3. The van der Waals surface area contributed by atoms with Gasteiger partial charge in [0.15, 0.2) is 0 Å². The third-order valence-corrected chi connectivity index (χ3v) is 3.70. The normalized spacial score (nSPS) is 25.1. The number of hydrogen-bond acceptors (Lipinski definition) is 4. The van der Waals surface area contributed by atoms with Crippen LogP contribution in [0.5, 0.6) is 0 Å². The van der Waals surface area contributed by atoms with Crippen LogP contribution in [0.2, 0.25) is 0 Å². The lowest BCUT2D eigenvalue weighted by Crippen LogP contribution is -2.30. The molecule has 0 aromatic carbocycles. The molecule has 17 heavy (non-hydrogen) atoms. The predicted molar refractivity (Wildman–Crippen MR) is 63.7 cm³/mol. The van der Waals surface area contributed by atoms with Crippen LogP contribution in [0.1, 0.15) is 43.9 Å². The molecular weight excluding hydrogens is 216 g/mol. The van der Waals surface area contributed by atoms with Crippen molar-refractivity contribution in [2.75, 3.05) is 13.2 Å². The van der Waals surface area contributed by atoms with Crippen LogP contribution in [0, 0.1) is 0 Å². The molecule has 0 amide bonds. The molecule has 1 aromatic heterocycles. The van der Waals surface area contributed by atoms with Crippen LogP contribution in [0.25, 0.3) is 0 Å². The molecule has 2 aliphatic heterocycles. The van der Waals surface area contributed by atoms with Gasteiger partial charge in [0.25, 0.3) is 0 Å².